The molecule has 1 heterocycles. The number of benzene rings is 2. The van der Waals surface area contributed by atoms with E-state index in [0.29, 0.717) is 5.56 Å². The molecule has 0 bridgehead atoms. The molecule has 0 aliphatic rings. The molecule has 7 nitrogen and oxygen atoms in total. The molecule has 0 unspecified atom stereocenters. The van der Waals surface area contributed by atoms with E-state index in [-0.39, 0.29) is 23.0 Å². The quantitative estimate of drug-likeness (QED) is 0.524. The number of hydrazine groups is 1. The fourth-order valence-electron chi connectivity index (χ4n) is 2.09. The summed E-state index contributed by atoms with van der Waals surface area (Å²) in [6, 6.07) is 11.5. The highest BCUT2D eigenvalue weighted by atomic mass is 19.1. The Balaban J connectivity index is 1.75. The number of nitrogens with zero attached hydrogens (tertiary/aromatic N) is 2. The van der Waals surface area contributed by atoms with Crippen LogP contribution in [0.25, 0.3) is 0 Å². The van der Waals surface area contributed by atoms with Gasteiger partial charge in [0.05, 0.1) is 5.69 Å². The number of aromatic nitrogens is 2. The van der Waals surface area contributed by atoms with E-state index in [1.54, 1.807) is 30.3 Å². The van der Waals surface area contributed by atoms with Gasteiger partial charge in [0.15, 0.2) is 11.6 Å². The van der Waals surface area contributed by atoms with Crippen molar-refractivity contribution in [3.8, 4) is 0 Å². The zero-order valence-corrected chi connectivity index (χ0v) is 13.3. The van der Waals surface area contributed by atoms with Crippen LogP contribution in [-0.4, -0.2) is 15.9 Å². The molecule has 0 fully saturated rings. The third-order valence-electron chi connectivity index (χ3n) is 3.40. The fourth-order valence-corrected chi connectivity index (χ4v) is 2.09. The highest BCUT2D eigenvalue weighted by Gasteiger charge is 2.12. The van der Waals surface area contributed by atoms with Gasteiger partial charge in [-0.2, -0.15) is 0 Å². The maximum Gasteiger partial charge on any atom is 0.269 e. The lowest BCUT2D eigenvalue weighted by Gasteiger charge is -2.13. The van der Waals surface area contributed by atoms with E-state index in [2.05, 4.69) is 26.1 Å². The van der Waals surface area contributed by atoms with Gasteiger partial charge in [0.25, 0.3) is 5.91 Å². The molecule has 5 N–H and O–H groups in total. The van der Waals surface area contributed by atoms with Crippen molar-refractivity contribution in [2.75, 3.05) is 16.5 Å². The summed E-state index contributed by atoms with van der Waals surface area (Å²) in [5.74, 6) is -1.52. The standard InChI is InChI=1S/C17H14F2N6O/c18-11-6-7-12(19)13(8-11)23-15-14(20)16(22-9-21-15)24-25-17(26)10-4-2-1-3-5-10/h1-9H,20H2,(H,25,26)(H2,21,22,23,24). The number of carbonyl (C=O) groups excluding carboxylic acids is 1. The molecule has 0 aliphatic carbocycles. The number of hydrogen-bond donors (Lipinski definition) is 4. The van der Waals surface area contributed by atoms with Crippen LogP contribution in [0, 0.1) is 11.6 Å². The number of anilines is 4. The van der Waals surface area contributed by atoms with E-state index in [4.69, 9.17) is 5.73 Å². The Labute approximate surface area is 147 Å². The Morgan fingerprint density at radius 2 is 1.73 bits per heavy atom. The predicted molar refractivity (Wildman–Crippen MR) is 93.6 cm³/mol. The van der Waals surface area contributed by atoms with Crippen molar-refractivity contribution in [2.45, 2.75) is 0 Å². The number of rotatable bonds is 5. The van der Waals surface area contributed by atoms with E-state index in [1.165, 1.54) is 0 Å². The second-order valence-electron chi connectivity index (χ2n) is 5.18. The highest BCUT2D eigenvalue weighted by molar-refractivity contribution is 5.95. The van der Waals surface area contributed by atoms with Crippen molar-refractivity contribution in [3.63, 3.8) is 0 Å². The Morgan fingerprint density at radius 1 is 1.00 bits per heavy atom. The first-order chi connectivity index (χ1) is 12.5. The second-order valence-corrected chi connectivity index (χ2v) is 5.18. The Kier molecular flexibility index (Phi) is 4.88. The monoisotopic (exact) mass is 356 g/mol. The minimum Gasteiger partial charge on any atom is -0.393 e. The van der Waals surface area contributed by atoms with E-state index >= 15 is 0 Å². The first-order valence-corrected chi connectivity index (χ1v) is 7.48. The van der Waals surface area contributed by atoms with Crippen molar-refractivity contribution in [1.29, 1.82) is 0 Å². The molecule has 26 heavy (non-hydrogen) atoms. The van der Waals surface area contributed by atoms with E-state index in [1.807, 2.05) is 0 Å². The first-order valence-electron chi connectivity index (χ1n) is 7.48. The van der Waals surface area contributed by atoms with Crippen LogP contribution in [0.5, 0.6) is 0 Å². The van der Waals surface area contributed by atoms with Crippen molar-refractivity contribution in [2.24, 2.45) is 0 Å². The lowest BCUT2D eigenvalue weighted by molar-refractivity contribution is 0.0962. The Morgan fingerprint density at radius 3 is 2.50 bits per heavy atom. The highest BCUT2D eigenvalue weighted by Crippen LogP contribution is 2.27. The maximum absolute atomic E-state index is 13.7. The molecule has 132 valence electrons. The van der Waals surface area contributed by atoms with Crippen LogP contribution in [0.15, 0.2) is 54.9 Å². The van der Waals surface area contributed by atoms with Gasteiger partial charge in [0.1, 0.15) is 23.6 Å². The molecule has 9 heteroatoms. The zero-order valence-electron chi connectivity index (χ0n) is 13.3. The average molecular weight is 356 g/mol. The molecule has 0 radical (unpaired) electrons. The summed E-state index contributed by atoms with van der Waals surface area (Å²) in [5.41, 5.74) is 11.3. The molecular formula is C17H14F2N6O. The first kappa shape index (κ1) is 17.1. The third-order valence-corrected chi connectivity index (χ3v) is 3.40. The van der Waals surface area contributed by atoms with Crippen LogP contribution in [-0.2, 0) is 0 Å². The van der Waals surface area contributed by atoms with Crippen LogP contribution >= 0.6 is 0 Å². The Bertz CT molecular complexity index is 936. The summed E-state index contributed by atoms with van der Waals surface area (Å²) in [7, 11) is 0. The third kappa shape index (κ3) is 3.83. The molecule has 0 saturated carbocycles. The number of carbonyl (C=O) groups is 1. The largest absolute Gasteiger partial charge is 0.393 e. The minimum atomic E-state index is -0.670. The van der Waals surface area contributed by atoms with Crippen LogP contribution in [0.3, 0.4) is 0 Å². The van der Waals surface area contributed by atoms with Crippen molar-refractivity contribution < 1.29 is 13.6 Å². The molecule has 1 amide bonds. The molecule has 2 aromatic carbocycles. The summed E-state index contributed by atoms with van der Waals surface area (Å²) in [4.78, 5) is 19.8. The fraction of sp³-hybridized carbons (Fsp3) is 0. The van der Waals surface area contributed by atoms with E-state index in [9.17, 15) is 13.6 Å². The minimum absolute atomic E-state index is 0.0181. The van der Waals surface area contributed by atoms with Gasteiger partial charge in [-0.15, -0.1) is 0 Å². The molecule has 1 aromatic heterocycles. The van der Waals surface area contributed by atoms with Crippen LogP contribution in [0.4, 0.5) is 31.8 Å². The summed E-state index contributed by atoms with van der Waals surface area (Å²) < 4.78 is 27.0. The molecule has 0 atom stereocenters. The van der Waals surface area contributed by atoms with Crippen molar-refractivity contribution in [1.82, 2.24) is 15.4 Å². The van der Waals surface area contributed by atoms with Gasteiger partial charge in [-0.25, -0.2) is 18.7 Å². The normalized spacial score (nSPS) is 10.2. The van der Waals surface area contributed by atoms with Crippen LogP contribution in [0.1, 0.15) is 10.4 Å². The maximum atomic E-state index is 13.7. The summed E-state index contributed by atoms with van der Waals surface area (Å²) in [6.45, 7) is 0. The van der Waals surface area contributed by atoms with Crippen molar-refractivity contribution >= 4 is 28.9 Å². The van der Waals surface area contributed by atoms with E-state index < -0.39 is 17.5 Å². The summed E-state index contributed by atoms with van der Waals surface area (Å²) >= 11 is 0. The van der Waals surface area contributed by atoms with Crippen molar-refractivity contribution in [3.05, 3.63) is 72.1 Å². The topological polar surface area (TPSA) is 105 Å². The Hall–Kier alpha value is -3.75. The van der Waals surface area contributed by atoms with Crippen LogP contribution < -0.4 is 21.9 Å². The lowest BCUT2D eigenvalue weighted by atomic mass is 10.2. The zero-order chi connectivity index (χ0) is 18.5. The SMILES string of the molecule is Nc1c(NNC(=O)c2ccccc2)ncnc1Nc1cc(F)ccc1F. The number of nitrogens with one attached hydrogen (secondary N) is 3. The number of hydrogen-bond acceptors (Lipinski definition) is 6. The second kappa shape index (κ2) is 7.43. The summed E-state index contributed by atoms with van der Waals surface area (Å²) in [6.07, 6.45) is 1.16. The van der Waals surface area contributed by atoms with Gasteiger partial charge in [-0.05, 0) is 24.3 Å². The van der Waals surface area contributed by atoms with Gasteiger partial charge in [-0.1, -0.05) is 18.2 Å². The van der Waals surface area contributed by atoms with Gasteiger partial charge in [0, 0.05) is 11.6 Å². The molecule has 3 rings (SSSR count). The molecule has 0 saturated heterocycles. The molecule has 0 spiro atoms. The number of halogens is 2. The van der Waals surface area contributed by atoms with E-state index in [0.717, 1.165) is 24.5 Å². The van der Waals surface area contributed by atoms with Gasteiger partial charge in [-0.3, -0.25) is 15.6 Å². The van der Waals surface area contributed by atoms with Crippen LogP contribution in [0.2, 0.25) is 0 Å². The van der Waals surface area contributed by atoms with Gasteiger partial charge < -0.3 is 11.1 Å². The molecule has 3 aromatic rings. The predicted octanol–water partition coefficient (Wildman–Crippen LogP) is 2.84. The van der Waals surface area contributed by atoms with Gasteiger partial charge >= 0.3 is 0 Å². The summed E-state index contributed by atoms with van der Waals surface area (Å²) in [5, 5.41) is 2.60. The average Bonchev–Trinajstić information content (AvgIpc) is 2.66. The lowest BCUT2D eigenvalue weighted by Crippen LogP contribution is -2.30. The number of amides is 1. The number of nitrogens with two attached hydrogens (primary N) is 1. The molecule has 0 aliphatic heterocycles. The van der Waals surface area contributed by atoms with Gasteiger partial charge in [0.2, 0.25) is 0 Å². The number of nitrogen functional groups attached to an aromatic ring is 1. The smallest absolute Gasteiger partial charge is 0.269 e. The molecular weight excluding hydrogens is 342 g/mol.